The van der Waals surface area contributed by atoms with Gasteiger partial charge in [0, 0.05) is 11.1 Å². The van der Waals surface area contributed by atoms with E-state index in [1.54, 1.807) is 0 Å². The first-order chi connectivity index (χ1) is 7.70. The van der Waals surface area contributed by atoms with Crippen LogP contribution in [-0.4, -0.2) is 19.2 Å². The second kappa shape index (κ2) is 5.07. The molecule has 1 fully saturated rings. The van der Waals surface area contributed by atoms with Crippen LogP contribution in [0.25, 0.3) is 0 Å². The van der Waals surface area contributed by atoms with Crippen molar-refractivity contribution >= 4 is 11.6 Å². The molecule has 1 aliphatic carbocycles. The van der Waals surface area contributed by atoms with Gasteiger partial charge in [0.05, 0.1) is 0 Å². The molecule has 1 N–H and O–H groups in total. The molecule has 3 heteroatoms. The summed E-state index contributed by atoms with van der Waals surface area (Å²) in [4.78, 5) is 0. The summed E-state index contributed by atoms with van der Waals surface area (Å²) in [6, 6.07) is 6.27. The van der Waals surface area contributed by atoms with Crippen molar-refractivity contribution in [3.05, 3.63) is 28.8 Å². The maximum absolute atomic E-state index is 6.04. The third kappa shape index (κ3) is 2.50. The van der Waals surface area contributed by atoms with Gasteiger partial charge in [-0.1, -0.05) is 11.6 Å². The Morgan fingerprint density at radius 2 is 2.19 bits per heavy atom. The number of hydrogen-bond donors (Lipinski definition) is 1. The van der Waals surface area contributed by atoms with Crippen molar-refractivity contribution < 1.29 is 4.74 Å². The molecular weight excluding hydrogens is 222 g/mol. The summed E-state index contributed by atoms with van der Waals surface area (Å²) in [5.74, 6) is 0.955. The van der Waals surface area contributed by atoms with Crippen molar-refractivity contribution in [1.82, 2.24) is 5.32 Å². The van der Waals surface area contributed by atoms with Crippen LogP contribution >= 0.6 is 11.6 Å². The molecule has 2 nitrogen and oxygen atoms in total. The fraction of sp³-hybridized carbons (Fsp3) is 0.538. The Labute approximate surface area is 102 Å². The molecule has 2 unspecified atom stereocenters. The fourth-order valence-corrected chi connectivity index (χ4v) is 2.53. The standard InChI is InChI=1S/C13H18ClNO/c1-9-8-10(14)6-7-12(9)16-13-5-3-4-11(13)15-2/h6-8,11,13,15H,3-5H2,1-2H3. The van der Waals surface area contributed by atoms with Gasteiger partial charge >= 0.3 is 0 Å². The lowest BCUT2D eigenvalue weighted by Crippen LogP contribution is -2.36. The van der Waals surface area contributed by atoms with E-state index in [0.717, 1.165) is 22.8 Å². The lowest BCUT2D eigenvalue weighted by molar-refractivity contribution is 0.178. The van der Waals surface area contributed by atoms with Gasteiger partial charge in [-0.2, -0.15) is 0 Å². The molecule has 88 valence electrons. The van der Waals surface area contributed by atoms with E-state index < -0.39 is 0 Å². The van der Waals surface area contributed by atoms with Crippen LogP contribution in [0, 0.1) is 6.92 Å². The van der Waals surface area contributed by atoms with E-state index in [4.69, 9.17) is 16.3 Å². The maximum Gasteiger partial charge on any atom is 0.122 e. The number of nitrogens with one attached hydrogen (secondary N) is 1. The van der Waals surface area contributed by atoms with E-state index in [0.29, 0.717) is 12.1 Å². The smallest absolute Gasteiger partial charge is 0.122 e. The van der Waals surface area contributed by atoms with Crippen LogP contribution in [-0.2, 0) is 0 Å². The summed E-state index contributed by atoms with van der Waals surface area (Å²) >= 11 is 5.92. The van der Waals surface area contributed by atoms with Crippen molar-refractivity contribution in [2.45, 2.75) is 38.3 Å². The normalized spacial score (nSPS) is 24.7. The number of likely N-dealkylation sites (N-methyl/N-ethyl adjacent to an activating group) is 1. The second-order valence-electron chi connectivity index (χ2n) is 4.39. The van der Waals surface area contributed by atoms with Crippen LogP contribution in [0.1, 0.15) is 24.8 Å². The van der Waals surface area contributed by atoms with Gasteiger partial charge < -0.3 is 10.1 Å². The maximum atomic E-state index is 6.04. The molecule has 0 bridgehead atoms. The SMILES string of the molecule is CNC1CCCC1Oc1ccc(Cl)cc1C. The number of halogens is 1. The second-order valence-corrected chi connectivity index (χ2v) is 4.83. The number of aryl methyl sites for hydroxylation is 1. The molecule has 1 aromatic carbocycles. The lowest BCUT2D eigenvalue weighted by Gasteiger charge is -2.21. The highest BCUT2D eigenvalue weighted by molar-refractivity contribution is 6.30. The molecule has 0 aromatic heterocycles. The zero-order valence-corrected chi connectivity index (χ0v) is 10.6. The molecule has 0 heterocycles. The molecule has 2 atom stereocenters. The van der Waals surface area contributed by atoms with Crippen molar-refractivity contribution in [3.63, 3.8) is 0 Å². The molecule has 1 aliphatic rings. The largest absolute Gasteiger partial charge is 0.489 e. The molecular formula is C13H18ClNO. The predicted molar refractivity (Wildman–Crippen MR) is 67.3 cm³/mol. The minimum atomic E-state index is 0.296. The Hall–Kier alpha value is -0.730. The third-order valence-electron chi connectivity index (χ3n) is 3.24. The molecule has 16 heavy (non-hydrogen) atoms. The Morgan fingerprint density at radius 3 is 2.88 bits per heavy atom. The van der Waals surface area contributed by atoms with Gasteiger partial charge in [-0.15, -0.1) is 0 Å². The topological polar surface area (TPSA) is 21.3 Å². The summed E-state index contributed by atoms with van der Waals surface area (Å²) in [5, 5.41) is 4.08. The molecule has 0 aliphatic heterocycles. The lowest BCUT2D eigenvalue weighted by atomic mass is 10.2. The zero-order chi connectivity index (χ0) is 11.5. The van der Waals surface area contributed by atoms with E-state index >= 15 is 0 Å². The van der Waals surface area contributed by atoms with Gasteiger partial charge in [0.2, 0.25) is 0 Å². The monoisotopic (exact) mass is 239 g/mol. The average molecular weight is 240 g/mol. The molecule has 0 spiro atoms. The van der Waals surface area contributed by atoms with E-state index in [-0.39, 0.29) is 0 Å². The quantitative estimate of drug-likeness (QED) is 0.875. The summed E-state index contributed by atoms with van der Waals surface area (Å²) < 4.78 is 6.04. The molecule has 0 radical (unpaired) electrons. The Balaban J connectivity index is 2.08. The van der Waals surface area contributed by atoms with Crippen LogP contribution in [0.4, 0.5) is 0 Å². The van der Waals surface area contributed by atoms with Gasteiger partial charge in [-0.25, -0.2) is 0 Å². The van der Waals surface area contributed by atoms with E-state index in [2.05, 4.69) is 5.32 Å². The minimum absolute atomic E-state index is 0.296. The van der Waals surface area contributed by atoms with Crippen LogP contribution < -0.4 is 10.1 Å². The number of hydrogen-bond acceptors (Lipinski definition) is 2. The summed E-state index contributed by atoms with van der Waals surface area (Å²) in [6.07, 6.45) is 3.87. The average Bonchev–Trinajstić information content (AvgIpc) is 2.69. The fourth-order valence-electron chi connectivity index (χ4n) is 2.31. The highest BCUT2D eigenvalue weighted by Gasteiger charge is 2.27. The molecule has 1 aromatic rings. The van der Waals surface area contributed by atoms with Crippen molar-refractivity contribution in [2.24, 2.45) is 0 Å². The van der Waals surface area contributed by atoms with Crippen LogP contribution in [0.15, 0.2) is 18.2 Å². The third-order valence-corrected chi connectivity index (χ3v) is 3.47. The number of ether oxygens (including phenoxy) is 1. The summed E-state index contributed by atoms with van der Waals surface area (Å²) in [7, 11) is 2.00. The summed E-state index contributed by atoms with van der Waals surface area (Å²) in [6.45, 7) is 2.03. The van der Waals surface area contributed by atoms with Crippen LogP contribution in [0.2, 0.25) is 5.02 Å². The first kappa shape index (κ1) is 11.7. The van der Waals surface area contributed by atoms with Crippen molar-refractivity contribution in [3.8, 4) is 5.75 Å². The Bertz CT molecular complexity index is 367. The summed E-state index contributed by atoms with van der Waals surface area (Å²) in [5.41, 5.74) is 1.11. The van der Waals surface area contributed by atoms with Crippen LogP contribution in [0.3, 0.4) is 0 Å². The first-order valence-electron chi connectivity index (χ1n) is 5.81. The number of benzene rings is 1. The molecule has 0 amide bonds. The van der Waals surface area contributed by atoms with Gasteiger partial charge in [0.1, 0.15) is 11.9 Å². The van der Waals surface area contributed by atoms with Gasteiger partial charge in [-0.05, 0) is 57.0 Å². The van der Waals surface area contributed by atoms with Crippen molar-refractivity contribution in [1.29, 1.82) is 0 Å². The predicted octanol–water partition coefficient (Wildman–Crippen LogP) is 3.17. The number of rotatable bonds is 3. The van der Waals surface area contributed by atoms with Gasteiger partial charge in [0.25, 0.3) is 0 Å². The van der Waals surface area contributed by atoms with E-state index in [1.165, 1.54) is 12.8 Å². The van der Waals surface area contributed by atoms with E-state index in [9.17, 15) is 0 Å². The molecule has 0 saturated heterocycles. The van der Waals surface area contributed by atoms with Crippen LogP contribution in [0.5, 0.6) is 5.75 Å². The first-order valence-corrected chi connectivity index (χ1v) is 6.18. The molecule has 2 rings (SSSR count). The Kier molecular flexibility index (Phi) is 3.72. The van der Waals surface area contributed by atoms with Gasteiger partial charge in [0.15, 0.2) is 0 Å². The molecule has 1 saturated carbocycles. The highest BCUT2D eigenvalue weighted by Crippen LogP contribution is 2.28. The van der Waals surface area contributed by atoms with Crippen molar-refractivity contribution in [2.75, 3.05) is 7.05 Å². The zero-order valence-electron chi connectivity index (χ0n) is 9.79. The van der Waals surface area contributed by atoms with E-state index in [1.807, 2.05) is 32.2 Å². The minimum Gasteiger partial charge on any atom is -0.489 e. The van der Waals surface area contributed by atoms with Gasteiger partial charge in [-0.3, -0.25) is 0 Å². The highest BCUT2D eigenvalue weighted by atomic mass is 35.5. The Morgan fingerprint density at radius 1 is 1.38 bits per heavy atom.